The second kappa shape index (κ2) is 5.24. The Bertz CT molecular complexity index is 809. The third kappa shape index (κ3) is 2.27. The highest BCUT2D eigenvalue weighted by Crippen LogP contribution is 2.68. The highest BCUT2D eigenvalue weighted by molar-refractivity contribution is 6.42. The molecule has 0 spiro atoms. The Morgan fingerprint density at radius 2 is 2.17 bits per heavy atom. The summed E-state index contributed by atoms with van der Waals surface area (Å²) in [6.07, 6.45) is 4.07. The fourth-order valence-electron chi connectivity index (χ4n) is 4.18. The van der Waals surface area contributed by atoms with Crippen LogP contribution in [0.3, 0.4) is 0 Å². The zero-order valence-electron chi connectivity index (χ0n) is 12.5. The first-order chi connectivity index (χ1) is 11.1. The number of nitrogens with one attached hydrogen (secondary N) is 1. The minimum absolute atomic E-state index is 0.126. The van der Waals surface area contributed by atoms with Gasteiger partial charge in [0.1, 0.15) is 6.07 Å². The van der Waals surface area contributed by atoms with Crippen molar-refractivity contribution in [3.8, 4) is 6.07 Å². The van der Waals surface area contributed by atoms with Gasteiger partial charge < -0.3 is 5.32 Å². The van der Waals surface area contributed by atoms with E-state index in [0.717, 1.165) is 32.5 Å². The van der Waals surface area contributed by atoms with Crippen LogP contribution in [0.4, 0.5) is 0 Å². The predicted molar refractivity (Wildman–Crippen MR) is 89.6 cm³/mol. The quantitative estimate of drug-likeness (QED) is 0.926. The van der Waals surface area contributed by atoms with Gasteiger partial charge in [0.2, 0.25) is 0 Å². The average molecular weight is 347 g/mol. The summed E-state index contributed by atoms with van der Waals surface area (Å²) in [7, 11) is 0. The number of aromatic nitrogens is 2. The minimum atomic E-state index is 0.126. The Balaban J connectivity index is 1.67. The fraction of sp³-hybridized carbons (Fsp3) is 0.412. The summed E-state index contributed by atoms with van der Waals surface area (Å²) >= 11 is 12.3. The Labute approximate surface area is 145 Å². The van der Waals surface area contributed by atoms with Crippen molar-refractivity contribution in [2.75, 3.05) is 13.1 Å². The number of nitrogens with zero attached hydrogens (tertiary/aromatic N) is 3. The molecule has 1 saturated carbocycles. The van der Waals surface area contributed by atoms with E-state index in [1.807, 2.05) is 23.0 Å². The Morgan fingerprint density at radius 1 is 1.30 bits per heavy atom. The largest absolute Gasteiger partial charge is 0.316 e. The van der Waals surface area contributed by atoms with Crippen molar-refractivity contribution in [2.45, 2.75) is 24.8 Å². The summed E-state index contributed by atoms with van der Waals surface area (Å²) in [5, 5.41) is 18.0. The summed E-state index contributed by atoms with van der Waals surface area (Å²) in [5.41, 5.74) is 1.99. The minimum Gasteiger partial charge on any atom is -0.316 e. The second-order valence-electron chi connectivity index (χ2n) is 6.61. The molecule has 1 N–H and O–H groups in total. The molecule has 0 radical (unpaired) electrons. The number of piperidine rings is 1. The van der Waals surface area contributed by atoms with Crippen LogP contribution in [-0.2, 0) is 12.0 Å². The van der Waals surface area contributed by atoms with Crippen LogP contribution in [-0.4, -0.2) is 22.9 Å². The molecule has 1 saturated heterocycles. The molecule has 4 rings (SSSR count). The molecule has 2 aliphatic rings. The number of nitriles is 1. The number of hydrogen-bond acceptors (Lipinski definition) is 3. The second-order valence-corrected chi connectivity index (χ2v) is 7.42. The zero-order valence-corrected chi connectivity index (χ0v) is 14.0. The summed E-state index contributed by atoms with van der Waals surface area (Å²) in [5.74, 6) is 0. The van der Waals surface area contributed by atoms with Gasteiger partial charge in [-0.05, 0) is 43.1 Å². The molecule has 1 aliphatic heterocycles. The Hall–Kier alpha value is -1.54. The summed E-state index contributed by atoms with van der Waals surface area (Å²) in [6.45, 7) is 2.77. The van der Waals surface area contributed by atoms with Crippen molar-refractivity contribution in [3.63, 3.8) is 0 Å². The van der Waals surface area contributed by atoms with E-state index in [1.54, 1.807) is 6.07 Å². The zero-order chi connectivity index (χ0) is 16.1. The lowest BCUT2D eigenvalue weighted by molar-refractivity contribution is 0.275. The van der Waals surface area contributed by atoms with Crippen molar-refractivity contribution >= 4 is 23.2 Å². The molecular formula is C17H16Cl2N4. The molecule has 4 nitrogen and oxygen atoms in total. The molecule has 0 amide bonds. The molecule has 1 aliphatic carbocycles. The molecule has 2 heterocycles. The molecule has 0 bridgehead atoms. The number of benzene rings is 1. The van der Waals surface area contributed by atoms with Gasteiger partial charge >= 0.3 is 0 Å². The van der Waals surface area contributed by atoms with E-state index in [2.05, 4.69) is 22.6 Å². The number of fused-ring (bicyclic) bond motifs is 1. The van der Waals surface area contributed by atoms with Crippen LogP contribution < -0.4 is 5.32 Å². The van der Waals surface area contributed by atoms with Crippen molar-refractivity contribution in [1.29, 1.82) is 5.26 Å². The van der Waals surface area contributed by atoms with Crippen LogP contribution in [0, 0.1) is 16.7 Å². The molecule has 2 aromatic rings. The van der Waals surface area contributed by atoms with Crippen molar-refractivity contribution in [3.05, 3.63) is 51.8 Å². The normalized spacial score (nSPS) is 28.9. The number of halogens is 2. The average Bonchev–Trinajstić information content (AvgIpc) is 3.02. The van der Waals surface area contributed by atoms with Gasteiger partial charge in [-0.3, -0.25) is 4.68 Å². The third-order valence-electron chi connectivity index (χ3n) is 5.41. The molecule has 118 valence electrons. The monoisotopic (exact) mass is 346 g/mol. The smallest absolute Gasteiger partial charge is 0.162 e. The standard InChI is InChI=1S/C17H16Cl2N4/c18-14-2-1-12(7-15(14)19)17-4-5-21-10-16(17,9-17)11-23-6-3-13(8-20)22-23/h1-3,6-7,21H,4-5,9-11H2/t16-,17-/m1/s1. The van der Waals surface area contributed by atoms with Gasteiger partial charge in [-0.2, -0.15) is 10.4 Å². The Kier molecular flexibility index (Phi) is 3.42. The number of hydrogen-bond donors (Lipinski definition) is 1. The lowest BCUT2D eigenvalue weighted by atomic mass is 9.81. The van der Waals surface area contributed by atoms with E-state index in [0.29, 0.717) is 15.7 Å². The molecule has 0 unspecified atom stereocenters. The van der Waals surface area contributed by atoms with Crippen molar-refractivity contribution in [1.82, 2.24) is 15.1 Å². The van der Waals surface area contributed by atoms with Gasteiger partial charge in [0.05, 0.1) is 10.0 Å². The SMILES string of the molecule is N#Cc1ccn(C[C@@]23CNCC[C@]2(c2ccc(Cl)c(Cl)c2)C3)n1. The summed E-state index contributed by atoms with van der Waals surface area (Å²) in [4.78, 5) is 0. The van der Waals surface area contributed by atoms with Gasteiger partial charge in [0.15, 0.2) is 5.69 Å². The van der Waals surface area contributed by atoms with Crippen LogP contribution in [0.1, 0.15) is 24.1 Å². The maximum Gasteiger partial charge on any atom is 0.162 e. The molecule has 6 heteroatoms. The summed E-state index contributed by atoms with van der Waals surface area (Å²) in [6, 6.07) is 9.85. The van der Waals surface area contributed by atoms with E-state index >= 15 is 0 Å². The lowest BCUT2D eigenvalue weighted by Crippen LogP contribution is -2.40. The third-order valence-corrected chi connectivity index (χ3v) is 6.15. The first-order valence-corrected chi connectivity index (χ1v) is 8.44. The molecule has 2 atom stereocenters. The van der Waals surface area contributed by atoms with Crippen LogP contribution in [0.2, 0.25) is 10.0 Å². The Morgan fingerprint density at radius 3 is 2.91 bits per heavy atom. The summed E-state index contributed by atoms with van der Waals surface area (Å²) < 4.78 is 1.89. The molecule has 2 fully saturated rings. The first-order valence-electron chi connectivity index (χ1n) is 7.68. The highest BCUT2D eigenvalue weighted by Gasteiger charge is 2.68. The van der Waals surface area contributed by atoms with Gasteiger partial charge in [-0.1, -0.05) is 29.3 Å². The first kappa shape index (κ1) is 15.0. The fourth-order valence-corrected chi connectivity index (χ4v) is 4.48. The van der Waals surface area contributed by atoms with Gasteiger partial charge in [-0.25, -0.2) is 0 Å². The molecular weight excluding hydrogens is 331 g/mol. The lowest BCUT2D eigenvalue weighted by Gasteiger charge is -2.32. The topological polar surface area (TPSA) is 53.6 Å². The van der Waals surface area contributed by atoms with Crippen LogP contribution >= 0.6 is 23.2 Å². The van der Waals surface area contributed by atoms with E-state index < -0.39 is 0 Å². The molecule has 1 aromatic carbocycles. The molecule has 1 aromatic heterocycles. The maximum atomic E-state index is 8.95. The number of rotatable bonds is 3. The van der Waals surface area contributed by atoms with Crippen LogP contribution in [0.15, 0.2) is 30.5 Å². The van der Waals surface area contributed by atoms with Crippen molar-refractivity contribution in [2.24, 2.45) is 5.41 Å². The van der Waals surface area contributed by atoms with E-state index in [1.165, 1.54) is 5.56 Å². The van der Waals surface area contributed by atoms with E-state index in [-0.39, 0.29) is 10.8 Å². The van der Waals surface area contributed by atoms with Gasteiger partial charge in [-0.15, -0.1) is 0 Å². The van der Waals surface area contributed by atoms with E-state index in [9.17, 15) is 0 Å². The van der Waals surface area contributed by atoms with Gasteiger partial charge in [0.25, 0.3) is 0 Å². The van der Waals surface area contributed by atoms with Crippen molar-refractivity contribution < 1.29 is 0 Å². The predicted octanol–water partition coefficient (Wildman–Crippen LogP) is 3.38. The maximum absolute atomic E-state index is 8.95. The van der Waals surface area contributed by atoms with Crippen LogP contribution in [0.25, 0.3) is 0 Å². The highest BCUT2D eigenvalue weighted by atomic mass is 35.5. The van der Waals surface area contributed by atoms with Crippen LogP contribution in [0.5, 0.6) is 0 Å². The molecule has 23 heavy (non-hydrogen) atoms. The van der Waals surface area contributed by atoms with Gasteiger partial charge in [0, 0.05) is 30.1 Å². The van der Waals surface area contributed by atoms with E-state index in [4.69, 9.17) is 28.5 Å².